The lowest BCUT2D eigenvalue weighted by Gasteiger charge is -2.16. The minimum absolute atomic E-state index is 0.333. The summed E-state index contributed by atoms with van der Waals surface area (Å²) >= 11 is 0. The highest BCUT2D eigenvalue weighted by molar-refractivity contribution is 5.94. The van der Waals surface area contributed by atoms with Gasteiger partial charge < -0.3 is 9.47 Å². The normalized spacial score (nSPS) is 12.1. The fourth-order valence-electron chi connectivity index (χ4n) is 3.74. The fraction of sp³-hybridized carbons (Fsp3) is 0.217. The van der Waals surface area contributed by atoms with Gasteiger partial charge in [0.2, 0.25) is 0 Å². The van der Waals surface area contributed by atoms with Crippen molar-refractivity contribution in [2.45, 2.75) is 13.0 Å². The molecule has 33 heavy (non-hydrogen) atoms. The minimum Gasteiger partial charge on any atom is -0.491 e. The van der Waals surface area contributed by atoms with Crippen molar-refractivity contribution in [1.29, 1.82) is 0 Å². The molecule has 0 bridgehead atoms. The number of rotatable bonds is 6. The average molecular weight is 442 g/mol. The van der Waals surface area contributed by atoms with Crippen LogP contribution in [0.2, 0.25) is 0 Å². The van der Waals surface area contributed by atoms with Crippen molar-refractivity contribution >= 4 is 11.0 Å². The minimum atomic E-state index is -0.352. The number of hydrogen-bond acceptors (Lipinski definition) is 8. The summed E-state index contributed by atoms with van der Waals surface area (Å²) in [7, 11) is 5.27. The van der Waals surface area contributed by atoms with Gasteiger partial charge in [0, 0.05) is 37.5 Å². The summed E-state index contributed by atoms with van der Waals surface area (Å²) < 4.78 is 15.1. The maximum atomic E-state index is 6.17. The Morgan fingerprint density at radius 1 is 1.03 bits per heavy atom. The molecule has 0 aliphatic rings. The molecule has 0 fully saturated rings. The molecule has 0 amide bonds. The molecular weight excluding hydrogens is 420 g/mol. The molecule has 5 aromatic rings. The van der Waals surface area contributed by atoms with Gasteiger partial charge in [-0.05, 0) is 6.92 Å². The first-order chi connectivity index (χ1) is 16.0. The molecule has 0 radical (unpaired) electrons. The summed E-state index contributed by atoms with van der Waals surface area (Å²) in [6, 6.07) is 11.8. The second kappa shape index (κ2) is 8.30. The Morgan fingerprint density at radius 2 is 1.85 bits per heavy atom. The molecule has 10 nitrogen and oxygen atoms in total. The maximum Gasteiger partial charge on any atom is 0.258 e. The highest BCUT2D eigenvalue weighted by atomic mass is 16.5. The van der Waals surface area contributed by atoms with Crippen LogP contribution >= 0.6 is 0 Å². The van der Waals surface area contributed by atoms with Crippen molar-refractivity contribution in [1.82, 2.24) is 39.7 Å². The lowest BCUT2D eigenvalue weighted by atomic mass is 10.0. The summed E-state index contributed by atoms with van der Waals surface area (Å²) in [4.78, 5) is 13.8. The molecule has 4 aromatic heterocycles. The van der Waals surface area contributed by atoms with Crippen molar-refractivity contribution in [3.63, 3.8) is 0 Å². The zero-order chi connectivity index (χ0) is 22.9. The van der Waals surface area contributed by atoms with E-state index in [9.17, 15) is 0 Å². The van der Waals surface area contributed by atoms with Crippen LogP contribution in [-0.2, 0) is 14.1 Å². The first kappa shape index (κ1) is 20.6. The Kier molecular flexibility index (Phi) is 5.17. The molecule has 0 saturated carbocycles. The Morgan fingerprint density at radius 3 is 2.58 bits per heavy atom. The van der Waals surface area contributed by atoms with E-state index in [-0.39, 0.29) is 6.10 Å². The number of fused-ring (bicyclic) bond motifs is 1. The van der Waals surface area contributed by atoms with Gasteiger partial charge in [-0.3, -0.25) is 4.68 Å². The van der Waals surface area contributed by atoms with Crippen molar-refractivity contribution in [3.8, 4) is 34.1 Å². The zero-order valence-electron chi connectivity index (χ0n) is 18.7. The quantitative estimate of drug-likeness (QED) is 0.394. The third kappa shape index (κ3) is 3.75. The van der Waals surface area contributed by atoms with E-state index < -0.39 is 0 Å². The molecule has 0 spiro atoms. The van der Waals surface area contributed by atoms with Crippen LogP contribution in [0.5, 0.6) is 11.6 Å². The van der Waals surface area contributed by atoms with Crippen LogP contribution in [-0.4, -0.2) is 46.8 Å². The Balaban J connectivity index is 1.65. The smallest absolute Gasteiger partial charge is 0.258 e. The first-order valence-corrected chi connectivity index (χ1v) is 10.4. The largest absolute Gasteiger partial charge is 0.491 e. The molecule has 10 heteroatoms. The number of aryl methyl sites for hydroxylation is 2. The Hall–Kier alpha value is -4.34. The predicted octanol–water partition coefficient (Wildman–Crippen LogP) is 3.37. The van der Waals surface area contributed by atoms with E-state index in [2.05, 4.69) is 25.4 Å². The lowest BCUT2D eigenvalue weighted by molar-refractivity contribution is 0.198. The van der Waals surface area contributed by atoms with Gasteiger partial charge in [-0.15, -0.1) is 5.10 Å². The number of aromatic nitrogens is 8. The molecular formula is C23H22N8O2. The molecule has 0 aliphatic heterocycles. The Labute approximate surface area is 189 Å². The van der Waals surface area contributed by atoms with Crippen LogP contribution in [0, 0.1) is 0 Å². The van der Waals surface area contributed by atoms with Gasteiger partial charge in [0.1, 0.15) is 29.3 Å². The maximum absolute atomic E-state index is 6.17. The molecule has 1 atom stereocenters. The van der Waals surface area contributed by atoms with Gasteiger partial charge >= 0.3 is 0 Å². The van der Waals surface area contributed by atoms with Crippen molar-refractivity contribution in [2.75, 3.05) is 7.11 Å². The van der Waals surface area contributed by atoms with E-state index in [1.807, 2.05) is 57.5 Å². The third-order valence-corrected chi connectivity index (χ3v) is 5.35. The second-order valence-corrected chi connectivity index (χ2v) is 7.56. The molecule has 166 valence electrons. The number of benzene rings is 1. The van der Waals surface area contributed by atoms with E-state index in [0.29, 0.717) is 28.4 Å². The molecule has 4 heterocycles. The summed E-state index contributed by atoms with van der Waals surface area (Å²) in [6.45, 7) is 1.90. The lowest BCUT2D eigenvalue weighted by Crippen LogP contribution is -2.10. The van der Waals surface area contributed by atoms with Gasteiger partial charge in [0.25, 0.3) is 5.88 Å². The van der Waals surface area contributed by atoms with Crippen LogP contribution in [0.3, 0.4) is 0 Å². The molecule has 0 aliphatic carbocycles. The van der Waals surface area contributed by atoms with Crippen LogP contribution in [0.25, 0.3) is 33.5 Å². The monoisotopic (exact) mass is 442 g/mol. The van der Waals surface area contributed by atoms with E-state index in [4.69, 9.17) is 14.5 Å². The molecule has 5 rings (SSSR count). The van der Waals surface area contributed by atoms with Gasteiger partial charge in [-0.2, -0.15) is 5.10 Å². The number of pyridine rings is 1. The van der Waals surface area contributed by atoms with Gasteiger partial charge in [-0.1, -0.05) is 35.5 Å². The van der Waals surface area contributed by atoms with Crippen LogP contribution < -0.4 is 9.47 Å². The van der Waals surface area contributed by atoms with Gasteiger partial charge in [-0.25, -0.2) is 19.6 Å². The zero-order valence-corrected chi connectivity index (χ0v) is 18.7. The molecule has 0 N–H and O–H groups in total. The number of hydrogen-bond donors (Lipinski definition) is 0. The SMILES string of the molecule is COc1cc2ncnc(-c3cn(C)nc3-c3ccccc3)c2nc1O[C@H](C)c1cnnn1C. The molecule has 0 unspecified atom stereocenters. The second-order valence-electron chi connectivity index (χ2n) is 7.56. The average Bonchev–Trinajstić information content (AvgIpc) is 3.44. The first-order valence-electron chi connectivity index (χ1n) is 10.4. The fourth-order valence-corrected chi connectivity index (χ4v) is 3.74. The number of methoxy groups -OCH3 is 1. The third-order valence-electron chi connectivity index (χ3n) is 5.35. The van der Waals surface area contributed by atoms with Gasteiger partial charge in [0.15, 0.2) is 5.75 Å². The summed E-state index contributed by atoms with van der Waals surface area (Å²) in [5.41, 5.74) is 5.35. The molecule has 0 saturated heterocycles. The summed E-state index contributed by atoms with van der Waals surface area (Å²) in [6.07, 6.45) is 4.76. The Bertz CT molecular complexity index is 1430. The van der Waals surface area contributed by atoms with Crippen molar-refractivity contribution in [3.05, 3.63) is 60.8 Å². The van der Waals surface area contributed by atoms with E-state index >= 15 is 0 Å². The topological polar surface area (TPSA) is 106 Å². The standard InChI is InChI=1S/C23H22N8O2/c1-14(18-11-26-29-31(18)3)33-23-19(32-4)10-17-22(27-23)21(25-13-24-17)16-12-30(2)28-20(16)15-8-6-5-7-9-15/h5-14H,1-4H3/t14-/m1/s1. The van der Waals surface area contributed by atoms with E-state index in [1.54, 1.807) is 28.7 Å². The van der Waals surface area contributed by atoms with Crippen molar-refractivity contribution in [2.24, 2.45) is 14.1 Å². The van der Waals surface area contributed by atoms with Crippen LogP contribution in [0.4, 0.5) is 0 Å². The van der Waals surface area contributed by atoms with E-state index in [1.165, 1.54) is 6.33 Å². The highest BCUT2D eigenvalue weighted by Crippen LogP contribution is 2.37. The predicted molar refractivity (Wildman–Crippen MR) is 122 cm³/mol. The van der Waals surface area contributed by atoms with Crippen LogP contribution in [0.15, 0.2) is 55.1 Å². The van der Waals surface area contributed by atoms with Gasteiger partial charge in [0.05, 0.1) is 24.5 Å². The molecule has 1 aromatic carbocycles. The highest BCUT2D eigenvalue weighted by Gasteiger charge is 2.21. The number of ether oxygens (including phenoxy) is 2. The van der Waals surface area contributed by atoms with E-state index in [0.717, 1.165) is 22.5 Å². The summed E-state index contributed by atoms with van der Waals surface area (Å²) in [5.74, 6) is 0.809. The number of nitrogens with zero attached hydrogens (tertiary/aromatic N) is 8. The van der Waals surface area contributed by atoms with Crippen LogP contribution in [0.1, 0.15) is 18.7 Å². The summed E-state index contributed by atoms with van der Waals surface area (Å²) in [5, 5.41) is 12.6. The van der Waals surface area contributed by atoms with Crippen molar-refractivity contribution < 1.29 is 9.47 Å².